The van der Waals surface area contributed by atoms with E-state index in [9.17, 15) is 4.79 Å². The fraction of sp³-hybridized carbons (Fsp3) is 0.235. The smallest absolute Gasteiger partial charge is 0.262 e. The number of carbonyl (C=O) groups is 1. The Morgan fingerprint density at radius 2 is 1.79 bits per heavy atom. The summed E-state index contributed by atoms with van der Waals surface area (Å²) in [6.45, 7) is 1.71. The summed E-state index contributed by atoms with van der Waals surface area (Å²) in [7, 11) is 3.10. The number of rotatable bonds is 6. The van der Waals surface area contributed by atoms with Gasteiger partial charge in [0.1, 0.15) is 5.75 Å². The standard InChI is InChI=1S/C17H17BrClNO4/c1-10-6-15(22-2)16(23-3)8-13(10)20-17(21)9-24-14-5-4-11(18)7-12(14)19/h4-8H,9H2,1-3H3,(H,20,21). The third-order valence-electron chi connectivity index (χ3n) is 3.26. The van der Waals surface area contributed by atoms with E-state index in [1.807, 2.05) is 6.92 Å². The number of hydrogen-bond donors (Lipinski definition) is 1. The van der Waals surface area contributed by atoms with Crippen LogP contribution in [0.2, 0.25) is 5.02 Å². The highest BCUT2D eigenvalue weighted by molar-refractivity contribution is 9.10. The highest BCUT2D eigenvalue weighted by Gasteiger charge is 2.12. The predicted octanol–water partition coefficient (Wildman–Crippen LogP) is 4.45. The first kappa shape index (κ1) is 18.4. The molecule has 0 aliphatic rings. The van der Waals surface area contributed by atoms with E-state index in [1.54, 1.807) is 37.4 Å². The zero-order valence-electron chi connectivity index (χ0n) is 13.5. The quantitative estimate of drug-likeness (QED) is 0.759. The maximum atomic E-state index is 12.1. The molecule has 2 rings (SSSR count). The molecule has 0 spiro atoms. The number of carbonyl (C=O) groups excluding carboxylic acids is 1. The van der Waals surface area contributed by atoms with Gasteiger partial charge in [-0.3, -0.25) is 4.79 Å². The number of amides is 1. The first-order valence-electron chi connectivity index (χ1n) is 7.05. The second-order valence-corrected chi connectivity index (χ2v) is 6.26. The number of aryl methyl sites for hydroxylation is 1. The number of anilines is 1. The molecule has 0 bridgehead atoms. The molecule has 128 valence electrons. The number of halogens is 2. The van der Waals surface area contributed by atoms with Crippen molar-refractivity contribution in [3.63, 3.8) is 0 Å². The van der Waals surface area contributed by atoms with E-state index in [0.717, 1.165) is 10.0 Å². The minimum absolute atomic E-state index is 0.158. The van der Waals surface area contributed by atoms with Gasteiger partial charge < -0.3 is 19.5 Å². The van der Waals surface area contributed by atoms with Crippen molar-refractivity contribution in [2.75, 3.05) is 26.1 Å². The molecule has 1 amide bonds. The average Bonchev–Trinajstić information content (AvgIpc) is 2.55. The van der Waals surface area contributed by atoms with Gasteiger partial charge in [-0.25, -0.2) is 0 Å². The lowest BCUT2D eigenvalue weighted by atomic mass is 10.1. The minimum Gasteiger partial charge on any atom is -0.493 e. The van der Waals surface area contributed by atoms with E-state index >= 15 is 0 Å². The van der Waals surface area contributed by atoms with Gasteiger partial charge in [-0.15, -0.1) is 0 Å². The summed E-state index contributed by atoms with van der Waals surface area (Å²) in [5, 5.41) is 3.22. The molecule has 5 nitrogen and oxygen atoms in total. The molecule has 1 N–H and O–H groups in total. The molecular formula is C17H17BrClNO4. The molecule has 0 aliphatic heterocycles. The third-order valence-corrected chi connectivity index (χ3v) is 4.05. The molecule has 0 aromatic heterocycles. The summed E-state index contributed by atoms with van der Waals surface area (Å²) in [4.78, 5) is 12.1. The lowest BCUT2D eigenvalue weighted by molar-refractivity contribution is -0.118. The van der Waals surface area contributed by atoms with Gasteiger partial charge in [0.15, 0.2) is 18.1 Å². The van der Waals surface area contributed by atoms with Crippen molar-refractivity contribution in [3.05, 3.63) is 45.4 Å². The number of hydrogen-bond acceptors (Lipinski definition) is 4. The number of nitrogens with one attached hydrogen (secondary N) is 1. The van der Waals surface area contributed by atoms with Crippen molar-refractivity contribution in [1.82, 2.24) is 0 Å². The van der Waals surface area contributed by atoms with Crippen LogP contribution in [0.25, 0.3) is 0 Å². The van der Waals surface area contributed by atoms with E-state index in [-0.39, 0.29) is 12.5 Å². The van der Waals surface area contributed by atoms with E-state index in [4.69, 9.17) is 25.8 Å². The van der Waals surface area contributed by atoms with Crippen LogP contribution in [0.4, 0.5) is 5.69 Å². The monoisotopic (exact) mass is 413 g/mol. The fourth-order valence-electron chi connectivity index (χ4n) is 2.04. The Bertz CT molecular complexity index is 752. The molecule has 2 aromatic carbocycles. The van der Waals surface area contributed by atoms with Gasteiger partial charge in [-0.1, -0.05) is 27.5 Å². The second kappa shape index (κ2) is 8.26. The molecule has 0 saturated carbocycles. The molecule has 24 heavy (non-hydrogen) atoms. The molecule has 0 heterocycles. The van der Waals surface area contributed by atoms with Crippen LogP contribution in [0.15, 0.2) is 34.8 Å². The molecule has 0 saturated heterocycles. The van der Waals surface area contributed by atoms with E-state index in [2.05, 4.69) is 21.2 Å². The van der Waals surface area contributed by atoms with Gasteiger partial charge >= 0.3 is 0 Å². The minimum atomic E-state index is -0.302. The zero-order valence-corrected chi connectivity index (χ0v) is 15.8. The van der Waals surface area contributed by atoms with Crippen LogP contribution in [0, 0.1) is 6.92 Å². The fourth-order valence-corrected chi connectivity index (χ4v) is 2.77. The summed E-state index contributed by atoms with van der Waals surface area (Å²) < 4.78 is 16.7. The Labute approximate surface area is 154 Å². The molecule has 0 atom stereocenters. The SMILES string of the molecule is COc1cc(C)c(NC(=O)COc2ccc(Br)cc2Cl)cc1OC. The second-order valence-electron chi connectivity index (χ2n) is 4.93. The van der Waals surface area contributed by atoms with Gasteiger partial charge in [0, 0.05) is 16.2 Å². The largest absolute Gasteiger partial charge is 0.493 e. The van der Waals surface area contributed by atoms with Crippen LogP contribution in [0.1, 0.15) is 5.56 Å². The molecule has 0 aliphatic carbocycles. The Hall–Kier alpha value is -1.92. The first-order chi connectivity index (χ1) is 11.4. The molecule has 0 fully saturated rings. The normalized spacial score (nSPS) is 10.2. The average molecular weight is 415 g/mol. The molecule has 0 radical (unpaired) electrons. The van der Waals surface area contributed by atoms with Gasteiger partial charge in [0.25, 0.3) is 5.91 Å². The van der Waals surface area contributed by atoms with Gasteiger partial charge in [-0.2, -0.15) is 0 Å². The summed E-state index contributed by atoms with van der Waals surface area (Å²) in [6, 6.07) is 8.69. The van der Waals surface area contributed by atoms with Crippen LogP contribution >= 0.6 is 27.5 Å². The summed E-state index contributed by atoms with van der Waals surface area (Å²) in [6.07, 6.45) is 0. The Morgan fingerprint density at radius 3 is 2.42 bits per heavy atom. The van der Waals surface area contributed by atoms with Crippen molar-refractivity contribution < 1.29 is 19.0 Å². The Balaban J connectivity index is 2.04. The van der Waals surface area contributed by atoms with Gasteiger partial charge in [-0.05, 0) is 36.8 Å². The van der Waals surface area contributed by atoms with E-state index in [0.29, 0.717) is 28.0 Å². The van der Waals surface area contributed by atoms with Crippen molar-refractivity contribution >= 4 is 39.1 Å². The highest BCUT2D eigenvalue weighted by atomic mass is 79.9. The van der Waals surface area contributed by atoms with Crippen LogP contribution in [0.3, 0.4) is 0 Å². The van der Waals surface area contributed by atoms with Crippen molar-refractivity contribution in [1.29, 1.82) is 0 Å². The van der Waals surface area contributed by atoms with E-state index < -0.39 is 0 Å². The number of ether oxygens (including phenoxy) is 3. The van der Waals surface area contributed by atoms with Crippen LogP contribution in [-0.4, -0.2) is 26.7 Å². The number of methoxy groups -OCH3 is 2. The summed E-state index contributed by atoms with van der Waals surface area (Å²) in [5.41, 5.74) is 1.48. The predicted molar refractivity (Wildman–Crippen MR) is 97.6 cm³/mol. The number of benzene rings is 2. The van der Waals surface area contributed by atoms with Crippen LogP contribution < -0.4 is 19.5 Å². The Morgan fingerprint density at radius 1 is 1.12 bits per heavy atom. The van der Waals surface area contributed by atoms with Crippen LogP contribution in [-0.2, 0) is 4.79 Å². The molecule has 0 unspecified atom stereocenters. The lowest BCUT2D eigenvalue weighted by Crippen LogP contribution is -2.20. The maximum absolute atomic E-state index is 12.1. The van der Waals surface area contributed by atoms with Gasteiger partial charge in [0.05, 0.1) is 19.2 Å². The van der Waals surface area contributed by atoms with Crippen molar-refractivity contribution in [2.45, 2.75) is 6.92 Å². The highest BCUT2D eigenvalue weighted by Crippen LogP contribution is 2.33. The van der Waals surface area contributed by atoms with Crippen molar-refractivity contribution in [2.24, 2.45) is 0 Å². The lowest BCUT2D eigenvalue weighted by Gasteiger charge is -2.14. The Kier molecular flexibility index (Phi) is 6.34. The van der Waals surface area contributed by atoms with Gasteiger partial charge in [0.2, 0.25) is 0 Å². The van der Waals surface area contributed by atoms with Crippen LogP contribution in [0.5, 0.6) is 17.2 Å². The maximum Gasteiger partial charge on any atom is 0.262 e. The topological polar surface area (TPSA) is 56.8 Å². The molecule has 2 aromatic rings. The molecule has 7 heteroatoms. The molecular weight excluding hydrogens is 398 g/mol. The third kappa shape index (κ3) is 4.55. The first-order valence-corrected chi connectivity index (χ1v) is 8.22. The summed E-state index contributed by atoms with van der Waals surface area (Å²) >= 11 is 9.37. The van der Waals surface area contributed by atoms with Crippen molar-refractivity contribution in [3.8, 4) is 17.2 Å². The summed E-state index contributed by atoms with van der Waals surface area (Å²) in [5.74, 6) is 1.28. The van der Waals surface area contributed by atoms with E-state index in [1.165, 1.54) is 7.11 Å². The zero-order chi connectivity index (χ0) is 17.7.